The highest BCUT2D eigenvalue weighted by Gasteiger charge is 2.27. The molecule has 0 aliphatic rings. The van der Waals surface area contributed by atoms with Gasteiger partial charge in [0, 0.05) is 17.8 Å². The summed E-state index contributed by atoms with van der Waals surface area (Å²) < 4.78 is 16.5. The van der Waals surface area contributed by atoms with E-state index in [1.807, 2.05) is 0 Å². The first kappa shape index (κ1) is 32.6. The molecule has 0 bridgehead atoms. The van der Waals surface area contributed by atoms with E-state index in [1.165, 1.54) is 24.3 Å². The molecule has 0 fully saturated rings. The van der Waals surface area contributed by atoms with E-state index in [2.05, 4.69) is 21.9 Å². The molecule has 3 N–H and O–H groups in total. The van der Waals surface area contributed by atoms with Gasteiger partial charge in [-0.1, -0.05) is 25.8 Å². The van der Waals surface area contributed by atoms with Crippen molar-refractivity contribution in [3.8, 4) is 18.1 Å². The number of hydrogen-bond donors (Lipinski definition) is 3. The Morgan fingerprint density at radius 1 is 1.05 bits per heavy atom. The van der Waals surface area contributed by atoms with Crippen molar-refractivity contribution in [1.82, 2.24) is 10.6 Å². The van der Waals surface area contributed by atoms with Crippen LogP contribution in [0.25, 0.3) is 0 Å². The van der Waals surface area contributed by atoms with E-state index >= 15 is 0 Å². The normalized spacial score (nSPS) is 11.6. The number of benzene rings is 2. The first-order chi connectivity index (χ1) is 19.3. The number of amides is 3. The molecule has 0 aliphatic carbocycles. The van der Waals surface area contributed by atoms with Crippen LogP contribution in [0.1, 0.15) is 45.7 Å². The molecule has 0 spiro atoms. The summed E-state index contributed by atoms with van der Waals surface area (Å²) in [7, 11) is 0. The maximum atomic E-state index is 12.7. The second kappa shape index (κ2) is 15.2. The number of hydrogen-bond acceptors (Lipinski definition) is 8. The minimum Gasteiger partial charge on any atom is -0.489 e. The smallest absolute Gasteiger partial charge is 0.408 e. The largest absolute Gasteiger partial charge is 0.489 e. The summed E-state index contributed by atoms with van der Waals surface area (Å²) in [5, 5.41) is 18.6. The van der Waals surface area contributed by atoms with E-state index < -0.39 is 34.5 Å². The highest BCUT2D eigenvalue weighted by molar-refractivity contribution is 5.96. The lowest BCUT2D eigenvalue weighted by Gasteiger charge is -2.25. The molecule has 0 heterocycles. The number of nitro benzene ring substituents is 1. The zero-order chi connectivity index (χ0) is 30.6. The summed E-state index contributed by atoms with van der Waals surface area (Å²) in [5.41, 5.74) is 1.13. The minimum absolute atomic E-state index is 0.0453. The van der Waals surface area contributed by atoms with Gasteiger partial charge in [0.15, 0.2) is 0 Å². The molecular weight excluding hydrogens is 532 g/mol. The van der Waals surface area contributed by atoms with E-state index in [9.17, 15) is 24.5 Å². The average molecular weight is 569 g/mol. The summed E-state index contributed by atoms with van der Waals surface area (Å²) in [4.78, 5) is 47.8. The Morgan fingerprint density at radius 3 is 2.32 bits per heavy atom. The third-order valence-corrected chi connectivity index (χ3v) is 5.42. The lowest BCUT2D eigenvalue weighted by atomic mass is 10.0. The molecule has 0 saturated heterocycles. The topological polar surface area (TPSA) is 158 Å². The summed E-state index contributed by atoms with van der Waals surface area (Å²) >= 11 is 0. The van der Waals surface area contributed by atoms with Gasteiger partial charge in [-0.15, -0.1) is 6.42 Å². The van der Waals surface area contributed by atoms with Crippen LogP contribution < -0.4 is 20.7 Å². The Balaban J connectivity index is 2.02. The number of ether oxygens (including phenoxy) is 3. The molecule has 2 aromatic carbocycles. The van der Waals surface area contributed by atoms with Gasteiger partial charge in [-0.25, -0.2) is 4.79 Å². The Labute approximate surface area is 239 Å². The molecular formula is C29H36N4O8. The first-order valence-corrected chi connectivity index (χ1v) is 12.9. The fourth-order valence-electron chi connectivity index (χ4n) is 3.48. The summed E-state index contributed by atoms with van der Waals surface area (Å²) in [5.74, 6) is 1.57. The number of nitro groups is 1. The quantitative estimate of drug-likeness (QED) is 0.142. The van der Waals surface area contributed by atoms with Crippen molar-refractivity contribution in [3.05, 3.63) is 63.7 Å². The zero-order valence-electron chi connectivity index (χ0n) is 23.8. The Kier molecular flexibility index (Phi) is 12.1. The second-order valence-electron chi connectivity index (χ2n) is 10.4. The van der Waals surface area contributed by atoms with Gasteiger partial charge in [0.05, 0.1) is 18.1 Å². The molecule has 0 radical (unpaired) electrons. The maximum Gasteiger partial charge on any atom is 0.408 e. The van der Waals surface area contributed by atoms with Gasteiger partial charge < -0.3 is 30.2 Å². The van der Waals surface area contributed by atoms with Crippen molar-refractivity contribution in [3.63, 3.8) is 0 Å². The number of anilines is 1. The molecule has 220 valence electrons. The van der Waals surface area contributed by atoms with Crippen LogP contribution >= 0.6 is 0 Å². The molecule has 0 aromatic heterocycles. The third-order valence-electron chi connectivity index (χ3n) is 5.42. The number of terminal acetylenes is 1. The molecule has 0 aliphatic heterocycles. The third kappa shape index (κ3) is 11.6. The second-order valence-corrected chi connectivity index (χ2v) is 10.4. The van der Waals surface area contributed by atoms with Crippen molar-refractivity contribution in [1.29, 1.82) is 0 Å². The number of nitrogens with zero attached hydrogens (tertiary/aromatic N) is 1. The molecule has 1 unspecified atom stereocenters. The van der Waals surface area contributed by atoms with Crippen LogP contribution in [0.5, 0.6) is 5.75 Å². The fraction of sp³-hybridized carbons (Fsp3) is 0.414. The SMILES string of the molecule is C#CCOCc1cc(NC(=O)CNC(=O)C(NC(=O)OC(C)(C)C)C(C)C)ccc1COc1ccc([N+](=O)[O-])cc1. The van der Waals surface area contributed by atoms with Gasteiger partial charge in [0.25, 0.3) is 5.69 Å². The molecule has 41 heavy (non-hydrogen) atoms. The van der Waals surface area contributed by atoms with Gasteiger partial charge >= 0.3 is 6.09 Å². The number of carbonyl (C=O) groups excluding carboxylic acids is 3. The number of non-ortho nitro benzene ring substituents is 1. The number of carbonyl (C=O) groups is 3. The van der Waals surface area contributed by atoms with E-state index in [0.29, 0.717) is 17.0 Å². The lowest BCUT2D eigenvalue weighted by Crippen LogP contribution is -2.52. The van der Waals surface area contributed by atoms with Crippen molar-refractivity contribution < 1.29 is 33.5 Å². The minimum atomic E-state index is -0.896. The highest BCUT2D eigenvalue weighted by atomic mass is 16.6. The van der Waals surface area contributed by atoms with Crippen LogP contribution in [-0.2, 0) is 32.3 Å². The van der Waals surface area contributed by atoms with E-state index in [-0.39, 0.29) is 38.0 Å². The molecule has 2 aromatic rings. The average Bonchev–Trinajstić information content (AvgIpc) is 2.89. The van der Waals surface area contributed by atoms with Crippen LogP contribution in [0, 0.1) is 28.4 Å². The van der Waals surface area contributed by atoms with Crippen LogP contribution in [0.2, 0.25) is 0 Å². The number of rotatable bonds is 13. The van der Waals surface area contributed by atoms with Crippen LogP contribution in [0.15, 0.2) is 42.5 Å². The number of nitrogens with one attached hydrogen (secondary N) is 3. The molecule has 3 amide bonds. The fourth-order valence-corrected chi connectivity index (χ4v) is 3.48. The predicted molar refractivity (Wildman–Crippen MR) is 152 cm³/mol. The van der Waals surface area contributed by atoms with Crippen LogP contribution in [0.4, 0.5) is 16.2 Å². The lowest BCUT2D eigenvalue weighted by molar-refractivity contribution is -0.384. The molecule has 12 nitrogen and oxygen atoms in total. The Morgan fingerprint density at radius 2 is 1.73 bits per heavy atom. The van der Waals surface area contributed by atoms with Crippen molar-refractivity contribution in [2.45, 2.75) is 59.5 Å². The highest BCUT2D eigenvalue weighted by Crippen LogP contribution is 2.22. The van der Waals surface area contributed by atoms with Crippen molar-refractivity contribution in [2.75, 3.05) is 18.5 Å². The summed E-state index contributed by atoms with van der Waals surface area (Å²) in [6.45, 7) is 8.71. The Hall–Kier alpha value is -4.63. The van der Waals surface area contributed by atoms with Gasteiger partial charge in [-0.2, -0.15) is 0 Å². The van der Waals surface area contributed by atoms with E-state index in [4.69, 9.17) is 20.6 Å². The van der Waals surface area contributed by atoms with Gasteiger partial charge in [0.1, 0.15) is 30.6 Å². The Bertz CT molecular complexity index is 1260. The predicted octanol–water partition coefficient (Wildman–Crippen LogP) is 3.93. The first-order valence-electron chi connectivity index (χ1n) is 12.9. The molecule has 2 rings (SSSR count). The summed E-state index contributed by atoms with van der Waals surface area (Å²) in [6, 6.07) is 9.92. The van der Waals surface area contributed by atoms with Gasteiger partial charge in [-0.3, -0.25) is 19.7 Å². The molecule has 12 heteroatoms. The maximum absolute atomic E-state index is 12.7. The molecule has 0 saturated carbocycles. The van der Waals surface area contributed by atoms with Gasteiger partial charge in [0.2, 0.25) is 11.8 Å². The van der Waals surface area contributed by atoms with Gasteiger partial charge in [-0.05, 0) is 62.1 Å². The monoisotopic (exact) mass is 568 g/mol. The van der Waals surface area contributed by atoms with E-state index in [0.717, 1.165) is 5.56 Å². The number of alkyl carbamates (subject to hydrolysis) is 1. The zero-order valence-corrected chi connectivity index (χ0v) is 23.8. The van der Waals surface area contributed by atoms with E-state index in [1.54, 1.807) is 52.8 Å². The van der Waals surface area contributed by atoms with Crippen LogP contribution in [0.3, 0.4) is 0 Å². The summed E-state index contributed by atoms with van der Waals surface area (Å²) in [6.07, 6.45) is 4.55. The standard InChI is InChI=1S/C29H36N4O8/c1-7-14-39-17-21-15-22(9-8-20(21)18-40-24-12-10-23(11-13-24)33(37)38)31-25(34)16-30-27(35)26(19(2)3)32-28(36)41-29(4,5)6/h1,8-13,15,19,26H,14,16-18H2,2-6H3,(H,30,35)(H,31,34)(H,32,36). The van der Waals surface area contributed by atoms with Crippen molar-refractivity contribution in [2.24, 2.45) is 5.92 Å². The van der Waals surface area contributed by atoms with Crippen LogP contribution in [-0.4, -0.2) is 47.6 Å². The van der Waals surface area contributed by atoms with Crippen molar-refractivity contribution >= 4 is 29.3 Å². The molecule has 1 atom stereocenters.